The SMILES string of the molecule is CC(C)(C)c1ccc(C(=O)N2CCN(Cc3nc(-c4ccccc4)cs3)CC2)cc1. The fourth-order valence-corrected chi connectivity index (χ4v) is 4.57. The summed E-state index contributed by atoms with van der Waals surface area (Å²) in [5.74, 6) is 0.135. The minimum Gasteiger partial charge on any atom is -0.336 e. The van der Waals surface area contributed by atoms with E-state index in [0.717, 1.165) is 54.6 Å². The van der Waals surface area contributed by atoms with E-state index in [4.69, 9.17) is 4.98 Å². The third-order valence-electron chi connectivity index (χ3n) is 5.64. The summed E-state index contributed by atoms with van der Waals surface area (Å²) in [6.45, 7) is 10.7. The first-order valence-electron chi connectivity index (χ1n) is 10.5. The van der Waals surface area contributed by atoms with Gasteiger partial charge in [0.05, 0.1) is 12.2 Å². The van der Waals surface area contributed by atoms with Gasteiger partial charge >= 0.3 is 0 Å². The molecule has 0 unspecified atom stereocenters. The van der Waals surface area contributed by atoms with Crippen LogP contribution in [0.15, 0.2) is 60.0 Å². The summed E-state index contributed by atoms with van der Waals surface area (Å²) >= 11 is 1.71. The van der Waals surface area contributed by atoms with Crippen molar-refractivity contribution in [3.63, 3.8) is 0 Å². The molecule has 2 aromatic carbocycles. The van der Waals surface area contributed by atoms with E-state index in [0.29, 0.717) is 0 Å². The van der Waals surface area contributed by atoms with Crippen LogP contribution in [0.2, 0.25) is 0 Å². The van der Waals surface area contributed by atoms with Gasteiger partial charge in [0.25, 0.3) is 5.91 Å². The molecule has 0 atom stereocenters. The standard InChI is InChI=1S/C25H29N3OS/c1-25(2,3)21-11-9-20(10-12-21)24(29)28-15-13-27(14-16-28)17-23-26-22(18-30-23)19-7-5-4-6-8-19/h4-12,18H,13-17H2,1-3H3. The molecule has 1 aliphatic rings. The molecule has 5 heteroatoms. The smallest absolute Gasteiger partial charge is 0.253 e. The third-order valence-corrected chi connectivity index (χ3v) is 6.47. The molecule has 1 fully saturated rings. The first-order valence-corrected chi connectivity index (χ1v) is 11.4. The van der Waals surface area contributed by atoms with Crippen LogP contribution < -0.4 is 0 Å². The molecule has 0 N–H and O–H groups in total. The van der Waals surface area contributed by atoms with Crippen molar-refractivity contribution in [1.82, 2.24) is 14.8 Å². The third kappa shape index (κ3) is 4.79. The zero-order valence-electron chi connectivity index (χ0n) is 18.0. The molecule has 0 radical (unpaired) electrons. The topological polar surface area (TPSA) is 36.4 Å². The van der Waals surface area contributed by atoms with Crippen LogP contribution in [0.3, 0.4) is 0 Å². The van der Waals surface area contributed by atoms with Gasteiger partial charge in [-0.1, -0.05) is 63.2 Å². The lowest BCUT2D eigenvalue weighted by Crippen LogP contribution is -2.48. The molecular weight excluding hydrogens is 390 g/mol. The number of hydrogen-bond acceptors (Lipinski definition) is 4. The van der Waals surface area contributed by atoms with Gasteiger partial charge < -0.3 is 4.90 Å². The summed E-state index contributed by atoms with van der Waals surface area (Å²) in [7, 11) is 0. The predicted octanol–water partition coefficient (Wildman–Crippen LogP) is 5.07. The summed E-state index contributed by atoms with van der Waals surface area (Å²) in [6, 6.07) is 18.4. The van der Waals surface area contributed by atoms with E-state index in [1.807, 2.05) is 35.2 Å². The van der Waals surface area contributed by atoms with E-state index < -0.39 is 0 Å². The Morgan fingerprint density at radius 1 is 0.967 bits per heavy atom. The zero-order valence-corrected chi connectivity index (χ0v) is 18.8. The summed E-state index contributed by atoms with van der Waals surface area (Å²) in [6.07, 6.45) is 0. The highest BCUT2D eigenvalue weighted by atomic mass is 32.1. The number of thiazole rings is 1. The van der Waals surface area contributed by atoms with E-state index in [2.05, 4.69) is 55.3 Å². The van der Waals surface area contributed by atoms with Gasteiger partial charge in [-0.2, -0.15) is 0 Å². The van der Waals surface area contributed by atoms with Crippen LogP contribution in [0.25, 0.3) is 11.3 Å². The molecule has 1 aromatic heterocycles. The second kappa shape index (κ2) is 8.70. The van der Waals surface area contributed by atoms with Crippen LogP contribution >= 0.6 is 11.3 Å². The number of piperazine rings is 1. The van der Waals surface area contributed by atoms with Crippen molar-refractivity contribution < 1.29 is 4.79 Å². The van der Waals surface area contributed by atoms with Gasteiger partial charge in [0.2, 0.25) is 0 Å². The molecule has 0 aliphatic carbocycles. The average molecular weight is 420 g/mol. The Morgan fingerprint density at radius 2 is 1.63 bits per heavy atom. The molecule has 2 heterocycles. The Hall–Kier alpha value is -2.50. The molecule has 0 bridgehead atoms. The zero-order chi connectivity index (χ0) is 21.1. The van der Waals surface area contributed by atoms with Crippen LogP contribution in [0, 0.1) is 0 Å². The van der Waals surface area contributed by atoms with Crippen LogP contribution in [0.1, 0.15) is 41.7 Å². The van der Waals surface area contributed by atoms with Crippen molar-refractivity contribution in [1.29, 1.82) is 0 Å². The van der Waals surface area contributed by atoms with Gasteiger partial charge in [-0.15, -0.1) is 11.3 Å². The van der Waals surface area contributed by atoms with Crippen molar-refractivity contribution in [2.75, 3.05) is 26.2 Å². The molecule has 1 amide bonds. The molecule has 3 aromatic rings. The summed E-state index contributed by atoms with van der Waals surface area (Å²) < 4.78 is 0. The highest BCUT2D eigenvalue weighted by molar-refractivity contribution is 7.09. The molecule has 156 valence electrons. The van der Waals surface area contributed by atoms with Gasteiger partial charge in [-0.3, -0.25) is 9.69 Å². The lowest BCUT2D eigenvalue weighted by Gasteiger charge is -2.34. The highest BCUT2D eigenvalue weighted by Crippen LogP contribution is 2.24. The number of nitrogens with zero attached hydrogens (tertiary/aromatic N) is 3. The summed E-state index contributed by atoms with van der Waals surface area (Å²) in [4.78, 5) is 22.0. The molecule has 0 saturated carbocycles. The van der Waals surface area contributed by atoms with E-state index >= 15 is 0 Å². The minimum absolute atomic E-state index is 0.101. The maximum atomic E-state index is 12.9. The Balaban J connectivity index is 1.32. The van der Waals surface area contributed by atoms with Crippen molar-refractivity contribution >= 4 is 17.2 Å². The second-order valence-corrected chi connectivity index (χ2v) is 9.83. The maximum absolute atomic E-state index is 12.9. The molecular formula is C25H29N3OS. The Labute approximate surface area is 183 Å². The van der Waals surface area contributed by atoms with Crippen LogP contribution in [-0.4, -0.2) is 46.9 Å². The number of aromatic nitrogens is 1. The first kappa shape index (κ1) is 20.8. The summed E-state index contributed by atoms with van der Waals surface area (Å²) in [5.41, 5.74) is 4.34. The van der Waals surface area contributed by atoms with Crippen molar-refractivity contribution in [3.8, 4) is 11.3 Å². The number of hydrogen-bond donors (Lipinski definition) is 0. The number of rotatable bonds is 4. The van der Waals surface area contributed by atoms with E-state index in [1.54, 1.807) is 11.3 Å². The largest absolute Gasteiger partial charge is 0.336 e. The maximum Gasteiger partial charge on any atom is 0.253 e. The monoisotopic (exact) mass is 419 g/mol. The van der Waals surface area contributed by atoms with Gasteiger partial charge in [0.15, 0.2) is 0 Å². The number of benzene rings is 2. The van der Waals surface area contributed by atoms with E-state index in [-0.39, 0.29) is 11.3 Å². The lowest BCUT2D eigenvalue weighted by molar-refractivity contribution is 0.0628. The van der Waals surface area contributed by atoms with Gasteiger partial charge in [-0.25, -0.2) is 4.98 Å². The van der Waals surface area contributed by atoms with Crippen LogP contribution in [0.4, 0.5) is 0 Å². The van der Waals surface area contributed by atoms with Crippen molar-refractivity contribution in [2.45, 2.75) is 32.7 Å². The van der Waals surface area contributed by atoms with Crippen molar-refractivity contribution in [3.05, 3.63) is 76.1 Å². The van der Waals surface area contributed by atoms with Gasteiger partial charge in [0.1, 0.15) is 5.01 Å². The quantitative estimate of drug-likeness (QED) is 0.593. The Bertz CT molecular complexity index is 981. The lowest BCUT2D eigenvalue weighted by atomic mass is 9.86. The van der Waals surface area contributed by atoms with Gasteiger partial charge in [-0.05, 0) is 23.1 Å². The fourth-order valence-electron chi connectivity index (χ4n) is 3.72. The normalized spacial score (nSPS) is 15.4. The van der Waals surface area contributed by atoms with Crippen LogP contribution in [0.5, 0.6) is 0 Å². The Kier molecular flexibility index (Phi) is 6.02. The molecule has 0 spiro atoms. The molecule has 30 heavy (non-hydrogen) atoms. The van der Waals surface area contributed by atoms with Crippen molar-refractivity contribution in [2.24, 2.45) is 0 Å². The highest BCUT2D eigenvalue weighted by Gasteiger charge is 2.23. The predicted molar refractivity (Wildman–Crippen MR) is 124 cm³/mol. The first-order chi connectivity index (χ1) is 14.4. The van der Waals surface area contributed by atoms with E-state index in [9.17, 15) is 4.79 Å². The average Bonchev–Trinajstić information content (AvgIpc) is 3.22. The fraction of sp³-hybridized carbons (Fsp3) is 0.360. The molecule has 4 rings (SSSR count). The minimum atomic E-state index is 0.101. The molecule has 4 nitrogen and oxygen atoms in total. The van der Waals surface area contributed by atoms with Crippen LogP contribution in [-0.2, 0) is 12.0 Å². The van der Waals surface area contributed by atoms with E-state index in [1.165, 1.54) is 5.56 Å². The number of carbonyl (C=O) groups is 1. The summed E-state index contributed by atoms with van der Waals surface area (Å²) in [5, 5.41) is 3.26. The van der Waals surface area contributed by atoms with Gasteiger partial charge in [0, 0.05) is 42.7 Å². The molecule has 1 aliphatic heterocycles. The second-order valence-electron chi connectivity index (χ2n) is 8.89. The Morgan fingerprint density at radius 3 is 2.27 bits per heavy atom. The number of amides is 1. The molecule has 1 saturated heterocycles. The number of carbonyl (C=O) groups excluding carboxylic acids is 1.